The molecule has 27 heavy (non-hydrogen) atoms. The summed E-state index contributed by atoms with van der Waals surface area (Å²) >= 11 is 0. The van der Waals surface area contributed by atoms with Crippen molar-refractivity contribution in [3.8, 4) is 0 Å². The Morgan fingerprint density at radius 3 is 2.56 bits per heavy atom. The average molecular weight is 383 g/mol. The highest BCUT2D eigenvalue weighted by molar-refractivity contribution is 7.89. The van der Waals surface area contributed by atoms with Gasteiger partial charge < -0.3 is 16.2 Å². The van der Waals surface area contributed by atoms with Crippen molar-refractivity contribution < 1.29 is 18.3 Å². The average Bonchev–Trinajstić information content (AvgIpc) is 2.98. The molecule has 1 aliphatic rings. The first-order valence-corrected chi connectivity index (χ1v) is 9.75. The van der Waals surface area contributed by atoms with E-state index in [9.17, 15) is 18.3 Å². The number of hydrogen-bond donors (Lipinski definition) is 4. The third-order valence-corrected chi connectivity index (χ3v) is 6.05. The molecule has 1 aliphatic heterocycles. The highest BCUT2D eigenvalue weighted by atomic mass is 32.2. The first-order valence-electron chi connectivity index (χ1n) is 8.27. The Balaban J connectivity index is 1.64. The van der Waals surface area contributed by atoms with Crippen molar-refractivity contribution in [1.82, 2.24) is 4.72 Å². The number of amides is 1. The number of carbonyl (C=O) groups excluding carboxylic acids is 1. The first kappa shape index (κ1) is 17.5. The molecule has 1 amide bonds. The molecule has 5 N–H and O–H groups in total. The first-order chi connectivity index (χ1) is 12.9. The fraction of sp³-hybridized carbons (Fsp3) is 0.105. The van der Waals surface area contributed by atoms with E-state index in [0.717, 1.165) is 0 Å². The molecule has 0 saturated carbocycles. The molecule has 0 bridgehead atoms. The topological polar surface area (TPSA) is 122 Å². The van der Waals surface area contributed by atoms with Crippen molar-refractivity contribution in [2.45, 2.75) is 11.0 Å². The lowest BCUT2D eigenvalue weighted by molar-refractivity contribution is 0.103. The molecule has 3 aromatic carbocycles. The SMILES string of the molecule is Nc1ccc(C(O)CNS(=O)(=O)c2ccc3c4c(cccc24)C(=O)N3)cc1. The van der Waals surface area contributed by atoms with E-state index < -0.39 is 16.1 Å². The zero-order chi connectivity index (χ0) is 19.2. The van der Waals surface area contributed by atoms with E-state index in [1.807, 2.05) is 0 Å². The van der Waals surface area contributed by atoms with Crippen LogP contribution in [0.25, 0.3) is 10.8 Å². The maximum absolute atomic E-state index is 12.8. The van der Waals surface area contributed by atoms with Crippen LogP contribution in [0.15, 0.2) is 59.5 Å². The molecule has 0 aliphatic carbocycles. The van der Waals surface area contributed by atoms with Gasteiger partial charge >= 0.3 is 0 Å². The summed E-state index contributed by atoms with van der Waals surface area (Å²) in [5.41, 5.74) is 7.77. The molecule has 8 heteroatoms. The van der Waals surface area contributed by atoms with Gasteiger partial charge in [0.25, 0.3) is 5.91 Å². The molecule has 0 radical (unpaired) electrons. The predicted octanol–water partition coefficient (Wildman–Crippen LogP) is 2.00. The monoisotopic (exact) mass is 383 g/mol. The van der Waals surface area contributed by atoms with Crippen LogP contribution >= 0.6 is 0 Å². The van der Waals surface area contributed by atoms with Crippen LogP contribution in [-0.2, 0) is 10.0 Å². The molecule has 138 valence electrons. The number of sulfonamides is 1. The third-order valence-electron chi connectivity index (χ3n) is 4.57. The van der Waals surface area contributed by atoms with Gasteiger partial charge in [-0.3, -0.25) is 4.79 Å². The highest BCUT2D eigenvalue weighted by Crippen LogP contribution is 2.36. The minimum atomic E-state index is -3.90. The lowest BCUT2D eigenvalue weighted by atomic mass is 10.1. The highest BCUT2D eigenvalue weighted by Gasteiger charge is 2.26. The summed E-state index contributed by atoms with van der Waals surface area (Å²) < 4.78 is 28.1. The Hall–Kier alpha value is -2.94. The number of nitrogens with two attached hydrogens (primary N) is 1. The maximum Gasteiger partial charge on any atom is 0.256 e. The minimum absolute atomic E-state index is 0.0594. The number of rotatable bonds is 5. The van der Waals surface area contributed by atoms with E-state index in [4.69, 9.17) is 5.73 Å². The van der Waals surface area contributed by atoms with Gasteiger partial charge in [-0.1, -0.05) is 24.3 Å². The Bertz CT molecular complexity index is 1160. The summed E-state index contributed by atoms with van der Waals surface area (Å²) in [5, 5.41) is 14.0. The van der Waals surface area contributed by atoms with Crippen molar-refractivity contribution >= 4 is 38.1 Å². The second-order valence-corrected chi connectivity index (χ2v) is 8.06. The van der Waals surface area contributed by atoms with Crippen molar-refractivity contribution in [2.24, 2.45) is 0 Å². The molecule has 0 aromatic heterocycles. The van der Waals surface area contributed by atoms with E-state index in [1.165, 1.54) is 6.07 Å². The number of hydrogen-bond acceptors (Lipinski definition) is 5. The molecular formula is C19H17N3O4S. The summed E-state index contributed by atoms with van der Waals surface area (Å²) in [6, 6.07) is 14.5. The Kier molecular flexibility index (Phi) is 4.11. The van der Waals surface area contributed by atoms with Gasteiger partial charge in [0.1, 0.15) is 0 Å². The minimum Gasteiger partial charge on any atom is -0.399 e. The number of nitrogens with one attached hydrogen (secondary N) is 2. The van der Waals surface area contributed by atoms with Gasteiger partial charge in [0.2, 0.25) is 10.0 Å². The van der Waals surface area contributed by atoms with Crippen molar-refractivity contribution in [2.75, 3.05) is 17.6 Å². The van der Waals surface area contributed by atoms with Gasteiger partial charge in [0, 0.05) is 34.3 Å². The standard InChI is InChI=1S/C19H17N3O4S/c20-12-6-4-11(5-7-12)16(23)10-21-27(25,26)17-9-8-15-18-13(17)2-1-3-14(18)19(24)22-15/h1-9,16,21,23H,10,20H2,(H,22,24). The van der Waals surface area contributed by atoms with Crippen LogP contribution in [0.2, 0.25) is 0 Å². The number of aliphatic hydroxyl groups excluding tert-OH is 1. The molecule has 0 saturated heterocycles. The van der Waals surface area contributed by atoms with Crippen LogP contribution in [0.4, 0.5) is 11.4 Å². The van der Waals surface area contributed by atoms with Crippen molar-refractivity contribution in [1.29, 1.82) is 0 Å². The van der Waals surface area contributed by atoms with E-state index in [1.54, 1.807) is 48.5 Å². The van der Waals surface area contributed by atoms with E-state index >= 15 is 0 Å². The van der Waals surface area contributed by atoms with E-state index in [0.29, 0.717) is 33.3 Å². The van der Waals surface area contributed by atoms with Crippen molar-refractivity contribution in [3.05, 3.63) is 65.7 Å². The zero-order valence-corrected chi connectivity index (χ0v) is 15.0. The van der Waals surface area contributed by atoms with Gasteiger partial charge in [-0.15, -0.1) is 0 Å². The van der Waals surface area contributed by atoms with E-state index in [2.05, 4.69) is 10.0 Å². The molecule has 1 unspecified atom stereocenters. The Morgan fingerprint density at radius 1 is 1.07 bits per heavy atom. The van der Waals surface area contributed by atoms with Crippen LogP contribution in [0.3, 0.4) is 0 Å². The number of anilines is 2. The summed E-state index contributed by atoms with van der Waals surface area (Å²) in [6.45, 7) is -0.188. The lowest BCUT2D eigenvalue weighted by Crippen LogP contribution is -2.28. The van der Waals surface area contributed by atoms with Gasteiger partial charge in [0.15, 0.2) is 0 Å². The summed E-state index contributed by atoms with van der Waals surface area (Å²) in [7, 11) is -3.90. The zero-order valence-electron chi connectivity index (χ0n) is 14.1. The molecule has 1 atom stereocenters. The fourth-order valence-corrected chi connectivity index (χ4v) is 4.44. The second-order valence-electron chi connectivity index (χ2n) is 6.33. The number of benzene rings is 3. The van der Waals surface area contributed by atoms with Crippen LogP contribution in [0, 0.1) is 0 Å². The van der Waals surface area contributed by atoms with E-state index in [-0.39, 0.29) is 17.3 Å². The second kappa shape index (κ2) is 6.34. The molecule has 1 heterocycles. The number of carbonyl (C=O) groups is 1. The molecule has 4 rings (SSSR count). The molecule has 0 spiro atoms. The Labute approximate surface area is 155 Å². The normalized spacial score (nSPS) is 14.3. The largest absolute Gasteiger partial charge is 0.399 e. The van der Waals surface area contributed by atoms with Gasteiger partial charge in [-0.05, 0) is 35.9 Å². The summed E-state index contributed by atoms with van der Waals surface area (Å²) in [5.74, 6) is -0.253. The smallest absolute Gasteiger partial charge is 0.256 e. The molecule has 3 aromatic rings. The maximum atomic E-state index is 12.8. The third kappa shape index (κ3) is 3.03. The van der Waals surface area contributed by atoms with Crippen LogP contribution in [0.1, 0.15) is 22.0 Å². The van der Waals surface area contributed by atoms with Gasteiger partial charge in [-0.25, -0.2) is 13.1 Å². The summed E-state index contributed by atoms with van der Waals surface area (Å²) in [6.07, 6.45) is -1.01. The quantitative estimate of drug-likeness (QED) is 0.502. The summed E-state index contributed by atoms with van der Waals surface area (Å²) in [4.78, 5) is 12.0. The Morgan fingerprint density at radius 2 is 1.81 bits per heavy atom. The number of nitrogen functional groups attached to an aromatic ring is 1. The molecule has 0 fully saturated rings. The molecular weight excluding hydrogens is 366 g/mol. The van der Waals surface area contributed by atoms with Gasteiger partial charge in [-0.2, -0.15) is 0 Å². The van der Waals surface area contributed by atoms with Crippen LogP contribution < -0.4 is 15.8 Å². The number of aliphatic hydroxyl groups is 1. The van der Waals surface area contributed by atoms with Crippen molar-refractivity contribution in [3.63, 3.8) is 0 Å². The fourth-order valence-electron chi connectivity index (χ4n) is 3.20. The van der Waals surface area contributed by atoms with Crippen LogP contribution in [-0.4, -0.2) is 26.0 Å². The molecule has 7 nitrogen and oxygen atoms in total. The predicted molar refractivity (Wildman–Crippen MR) is 103 cm³/mol. The van der Waals surface area contributed by atoms with Crippen LogP contribution in [0.5, 0.6) is 0 Å². The van der Waals surface area contributed by atoms with Gasteiger partial charge in [0.05, 0.1) is 11.0 Å². The lowest BCUT2D eigenvalue weighted by Gasteiger charge is -2.14.